The second-order valence-electron chi connectivity index (χ2n) is 6.21. The molecule has 1 aromatic carbocycles. The molecule has 0 bridgehead atoms. The smallest absolute Gasteiger partial charge is 0.159 e. The van der Waals surface area contributed by atoms with Gasteiger partial charge in [0, 0.05) is 6.04 Å². The van der Waals surface area contributed by atoms with Crippen LogP contribution < -0.4 is 5.32 Å². The summed E-state index contributed by atoms with van der Waals surface area (Å²) in [6.07, 6.45) is 9.85. The molecule has 118 valence electrons. The first-order chi connectivity index (χ1) is 10.2. The van der Waals surface area contributed by atoms with Crippen molar-refractivity contribution in [2.75, 3.05) is 6.54 Å². The molecule has 2 rings (SSSR count). The Morgan fingerprint density at radius 1 is 1.05 bits per heavy atom. The number of halogens is 2. The van der Waals surface area contributed by atoms with E-state index >= 15 is 0 Å². The highest BCUT2D eigenvalue weighted by Gasteiger charge is 2.24. The molecular formula is C18H27F2N. The Hall–Kier alpha value is -0.960. The van der Waals surface area contributed by atoms with Gasteiger partial charge in [0.15, 0.2) is 11.6 Å². The minimum Gasteiger partial charge on any atom is -0.310 e. The molecule has 1 aromatic rings. The van der Waals surface area contributed by atoms with Crippen LogP contribution in [0.5, 0.6) is 0 Å². The molecule has 0 radical (unpaired) electrons. The molecule has 1 unspecified atom stereocenters. The Balaban J connectivity index is 2.16. The molecule has 0 spiro atoms. The van der Waals surface area contributed by atoms with Crippen molar-refractivity contribution < 1.29 is 8.78 Å². The number of benzene rings is 1. The Morgan fingerprint density at radius 2 is 1.71 bits per heavy atom. The third-order valence-electron chi connectivity index (χ3n) is 4.54. The SMILES string of the molecule is CCCNC(c1ccc(F)c(F)c1)C1CCCCCCC1. The largest absolute Gasteiger partial charge is 0.310 e. The molecule has 1 aliphatic carbocycles. The molecule has 21 heavy (non-hydrogen) atoms. The number of hydrogen-bond acceptors (Lipinski definition) is 1. The van der Waals surface area contributed by atoms with Gasteiger partial charge in [0.2, 0.25) is 0 Å². The first-order valence-electron chi connectivity index (χ1n) is 8.40. The maximum Gasteiger partial charge on any atom is 0.159 e. The van der Waals surface area contributed by atoms with Crippen LogP contribution in [-0.4, -0.2) is 6.54 Å². The molecule has 1 saturated carbocycles. The average Bonchev–Trinajstić information content (AvgIpc) is 2.44. The molecule has 0 aromatic heterocycles. The fraction of sp³-hybridized carbons (Fsp3) is 0.667. The third-order valence-corrected chi connectivity index (χ3v) is 4.54. The molecule has 0 saturated heterocycles. The van der Waals surface area contributed by atoms with Crippen molar-refractivity contribution in [3.63, 3.8) is 0 Å². The molecule has 0 aliphatic heterocycles. The molecular weight excluding hydrogens is 268 g/mol. The van der Waals surface area contributed by atoms with Crippen molar-refractivity contribution in [3.8, 4) is 0 Å². The summed E-state index contributed by atoms with van der Waals surface area (Å²) in [7, 11) is 0. The topological polar surface area (TPSA) is 12.0 Å². The predicted octanol–water partition coefficient (Wildman–Crippen LogP) is 5.37. The van der Waals surface area contributed by atoms with Gasteiger partial charge in [0.25, 0.3) is 0 Å². The van der Waals surface area contributed by atoms with Crippen LogP contribution in [0.3, 0.4) is 0 Å². The van der Waals surface area contributed by atoms with Crippen LogP contribution in [0.2, 0.25) is 0 Å². The quantitative estimate of drug-likeness (QED) is 0.770. The molecule has 1 N–H and O–H groups in total. The van der Waals surface area contributed by atoms with Crippen LogP contribution in [0.4, 0.5) is 8.78 Å². The number of rotatable bonds is 5. The van der Waals surface area contributed by atoms with Crippen molar-refractivity contribution >= 4 is 0 Å². The van der Waals surface area contributed by atoms with Gasteiger partial charge in [-0.3, -0.25) is 0 Å². The lowest BCUT2D eigenvalue weighted by Gasteiger charge is -2.30. The van der Waals surface area contributed by atoms with Crippen LogP contribution in [0.1, 0.15) is 69.9 Å². The van der Waals surface area contributed by atoms with E-state index in [0.29, 0.717) is 5.92 Å². The van der Waals surface area contributed by atoms with Crippen molar-refractivity contribution in [1.29, 1.82) is 0 Å². The maximum absolute atomic E-state index is 13.6. The van der Waals surface area contributed by atoms with E-state index in [4.69, 9.17) is 0 Å². The Bertz CT molecular complexity index is 425. The second kappa shape index (κ2) is 8.47. The average molecular weight is 295 g/mol. The van der Waals surface area contributed by atoms with E-state index in [9.17, 15) is 8.78 Å². The molecule has 0 amide bonds. The first-order valence-corrected chi connectivity index (χ1v) is 8.40. The van der Waals surface area contributed by atoms with Gasteiger partial charge >= 0.3 is 0 Å². The maximum atomic E-state index is 13.6. The molecule has 1 nitrogen and oxygen atoms in total. The highest BCUT2D eigenvalue weighted by Crippen LogP contribution is 2.33. The lowest BCUT2D eigenvalue weighted by atomic mass is 9.82. The summed E-state index contributed by atoms with van der Waals surface area (Å²) in [5.74, 6) is -0.964. The summed E-state index contributed by atoms with van der Waals surface area (Å²) in [5.41, 5.74) is 0.896. The Labute approximate surface area is 127 Å². The van der Waals surface area contributed by atoms with Gasteiger partial charge in [-0.2, -0.15) is 0 Å². The number of nitrogens with one attached hydrogen (secondary N) is 1. The first kappa shape index (κ1) is 16.4. The zero-order valence-corrected chi connectivity index (χ0v) is 13.0. The van der Waals surface area contributed by atoms with E-state index < -0.39 is 11.6 Å². The van der Waals surface area contributed by atoms with Crippen LogP contribution in [0.25, 0.3) is 0 Å². The fourth-order valence-electron chi connectivity index (χ4n) is 3.38. The third kappa shape index (κ3) is 4.77. The summed E-state index contributed by atoms with van der Waals surface area (Å²) in [4.78, 5) is 0. The number of hydrogen-bond donors (Lipinski definition) is 1. The van der Waals surface area contributed by atoms with Gasteiger partial charge in [-0.05, 0) is 49.4 Å². The zero-order valence-electron chi connectivity index (χ0n) is 13.0. The molecule has 1 fully saturated rings. The summed E-state index contributed by atoms with van der Waals surface area (Å²) < 4.78 is 26.8. The van der Waals surface area contributed by atoms with Crippen molar-refractivity contribution in [2.24, 2.45) is 5.92 Å². The van der Waals surface area contributed by atoms with E-state index in [1.165, 1.54) is 57.1 Å². The van der Waals surface area contributed by atoms with Gasteiger partial charge in [0.05, 0.1) is 0 Å². The van der Waals surface area contributed by atoms with Crippen molar-refractivity contribution in [1.82, 2.24) is 5.32 Å². The zero-order chi connectivity index (χ0) is 15.1. The standard InChI is InChI=1S/C18H27F2N/c1-2-12-21-18(14-8-6-4-3-5-7-9-14)15-10-11-16(19)17(20)13-15/h10-11,13-14,18,21H,2-9,12H2,1H3. The van der Waals surface area contributed by atoms with E-state index in [0.717, 1.165) is 18.5 Å². The highest BCUT2D eigenvalue weighted by molar-refractivity contribution is 5.22. The van der Waals surface area contributed by atoms with E-state index in [2.05, 4.69) is 12.2 Å². The summed E-state index contributed by atoms with van der Waals surface area (Å²) in [6.45, 7) is 3.05. The van der Waals surface area contributed by atoms with Crippen molar-refractivity contribution in [3.05, 3.63) is 35.4 Å². The lowest BCUT2D eigenvalue weighted by Crippen LogP contribution is -2.29. The van der Waals surface area contributed by atoms with Crippen LogP contribution in [0.15, 0.2) is 18.2 Å². The Kier molecular flexibility index (Phi) is 6.62. The molecule has 0 heterocycles. The van der Waals surface area contributed by atoms with Gasteiger partial charge in [-0.25, -0.2) is 8.78 Å². The molecule has 3 heteroatoms. The minimum absolute atomic E-state index is 0.151. The van der Waals surface area contributed by atoms with E-state index in [1.54, 1.807) is 6.07 Å². The second-order valence-corrected chi connectivity index (χ2v) is 6.21. The van der Waals surface area contributed by atoms with Gasteiger partial charge in [0.1, 0.15) is 0 Å². The van der Waals surface area contributed by atoms with E-state index in [1.807, 2.05) is 0 Å². The summed E-state index contributed by atoms with van der Waals surface area (Å²) in [6, 6.07) is 4.53. The summed E-state index contributed by atoms with van der Waals surface area (Å²) >= 11 is 0. The molecule has 1 atom stereocenters. The molecule has 1 aliphatic rings. The Morgan fingerprint density at radius 3 is 2.33 bits per heavy atom. The monoisotopic (exact) mass is 295 g/mol. The van der Waals surface area contributed by atoms with Gasteiger partial charge in [-0.1, -0.05) is 45.1 Å². The van der Waals surface area contributed by atoms with E-state index in [-0.39, 0.29) is 6.04 Å². The van der Waals surface area contributed by atoms with Crippen LogP contribution in [-0.2, 0) is 0 Å². The normalized spacial score (nSPS) is 19.0. The highest BCUT2D eigenvalue weighted by atomic mass is 19.2. The fourth-order valence-corrected chi connectivity index (χ4v) is 3.38. The van der Waals surface area contributed by atoms with Crippen LogP contribution >= 0.6 is 0 Å². The summed E-state index contributed by atoms with van der Waals surface area (Å²) in [5, 5.41) is 3.56. The van der Waals surface area contributed by atoms with Crippen molar-refractivity contribution in [2.45, 2.75) is 64.3 Å². The van der Waals surface area contributed by atoms with Crippen LogP contribution in [0, 0.1) is 17.6 Å². The van der Waals surface area contributed by atoms with Gasteiger partial charge in [-0.15, -0.1) is 0 Å². The van der Waals surface area contributed by atoms with Gasteiger partial charge < -0.3 is 5.32 Å². The minimum atomic E-state index is -0.759. The predicted molar refractivity (Wildman–Crippen MR) is 83.2 cm³/mol. The lowest BCUT2D eigenvalue weighted by molar-refractivity contribution is 0.288.